The van der Waals surface area contributed by atoms with Crippen molar-refractivity contribution in [3.63, 3.8) is 0 Å². The van der Waals surface area contributed by atoms with Gasteiger partial charge >= 0.3 is 5.97 Å². The number of benzene rings is 3. The Hall–Kier alpha value is -4.26. The van der Waals surface area contributed by atoms with Gasteiger partial charge in [0, 0.05) is 59.3 Å². The van der Waals surface area contributed by atoms with Crippen molar-refractivity contribution in [2.75, 3.05) is 36.5 Å². The molecule has 1 heterocycles. The van der Waals surface area contributed by atoms with Gasteiger partial charge in [-0.3, -0.25) is 4.79 Å². The minimum Gasteiger partial charge on any atom is -0.507 e. The van der Waals surface area contributed by atoms with E-state index >= 15 is 0 Å². The van der Waals surface area contributed by atoms with Crippen LogP contribution in [-0.4, -0.2) is 52.8 Å². The van der Waals surface area contributed by atoms with Gasteiger partial charge in [0.2, 0.25) is 0 Å². The summed E-state index contributed by atoms with van der Waals surface area (Å²) in [7, 11) is 2.07. The van der Waals surface area contributed by atoms with Crippen LogP contribution in [0.3, 0.4) is 0 Å². The van der Waals surface area contributed by atoms with Crippen LogP contribution in [0, 0.1) is 0 Å². The summed E-state index contributed by atoms with van der Waals surface area (Å²) in [6.07, 6.45) is 0. The van der Waals surface area contributed by atoms with E-state index in [9.17, 15) is 15.0 Å². The molecule has 0 amide bonds. The number of anilines is 2. The van der Waals surface area contributed by atoms with Gasteiger partial charge < -0.3 is 25.0 Å². The minimum atomic E-state index is -0.860. The zero-order chi connectivity index (χ0) is 31.7. The van der Waals surface area contributed by atoms with E-state index in [1.54, 1.807) is 0 Å². The maximum Gasteiger partial charge on any atom is 0.323 e. The molecule has 0 bridgehead atoms. The molecule has 0 saturated carbocycles. The molecule has 0 atom stereocenters. The van der Waals surface area contributed by atoms with Crippen molar-refractivity contribution >= 4 is 17.3 Å². The van der Waals surface area contributed by atoms with Gasteiger partial charge in [0.15, 0.2) is 0 Å². The van der Waals surface area contributed by atoms with Crippen LogP contribution in [0.25, 0.3) is 33.9 Å². The number of aliphatic carboxylic acids is 1. The zero-order valence-corrected chi connectivity index (χ0v) is 27.0. The smallest absolute Gasteiger partial charge is 0.323 e. The topological polar surface area (TPSA) is 92.7 Å². The van der Waals surface area contributed by atoms with E-state index in [1.165, 1.54) is 0 Å². The summed E-state index contributed by atoms with van der Waals surface area (Å²) >= 11 is 0. The maximum absolute atomic E-state index is 11.4. The third kappa shape index (κ3) is 6.87. The average Bonchev–Trinajstić information content (AvgIpc) is 3.40. The number of carbonyl (C=O) groups is 1. The molecule has 7 nitrogen and oxygen atoms in total. The van der Waals surface area contributed by atoms with Crippen LogP contribution >= 0.6 is 0 Å². The van der Waals surface area contributed by atoms with Crippen molar-refractivity contribution in [1.82, 2.24) is 9.97 Å². The Labute approximate surface area is 256 Å². The Balaban J connectivity index is 1.91. The lowest BCUT2D eigenvalue weighted by atomic mass is 9.78. The molecule has 3 aromatic carbocycles. The zero-order valence-electron chi connectivity index (χ0n) is 27.0. The molecule has 228 valence electrons. The summed E-state index contributed by atoms with van der Waals surface area (Å²) in [5.74, 6) is 0.200. The van der Waals surface area contributed by atoms with Crippen LogP contribution in [0.15, 0.2) is 60.7 Å². The second kappa shape index (κ2) is 12.2. The number of aromatic hydroxyl groups is 1. The van der Waals surface area contributed by atoms with Gasteiger partial charge in [-0.15, -0.1) is 0 Å². The highest BCUT2D eigenvalue weighted by Crippen LogP contribution is 2.43. The number of imidazole rings is 1. The predicted octanol–water partition coefficient (Wildman–Crippen LogP) is 8.08. The Kier molecular flexibility index (Phi) is 8.95. The highest BCUT2D eigenvalue weighted by molar-refractivity contribution is 5.83. The SMILES string of the molecule is CCN(C)c1ccc(-c2nc(-c3cc(C(C)(C)C)c(O)c(C(C)(C)C)c3)[nH]c2-c2ccc(N(CC)CC(=O)O)cc2)cc1. The van der Waals surface area contributed by atoms with Crippen molar-refractivity contribution in [2.24, 2.45) is 0 Å². The number of likely N-dealkylation sites (N-methyl/N-ethyl adjacent to an activating group) is 1. The monoisotopic (exact) mass is 582 g/mol. The largest absolute Gasteiger partial charge is 0.507 e. The van der Waals surface area contributed by atoms with Crippen molar-refractivity contribution in [1.29, 1.82) is 0 Å². The summed E-state index contributed by atoms with van der Waals surface area (Å²) in [4.78, 5) is 24.2. The summed E-state index contributed by atoms with van der Waals surface area (Å²) in [5.41, 5.74) is 7.76. The number of nitrogens with zero attached hydrogens (tertiary/aromatic N) is 3. The molecule has 0 spiro atoms. The average molecular weight is 583 g/mol. The summed E-state index contributed by atoms with van der Waals surface area (Å²) in [6, 6.07) is 20.5. The lowest BCUT2D eigenvalue weighted by Crippen LogP contribution is -2.29. The third-order valence-electron chi connectivity index (χ3n) is 7.99. The van der Waals surface area contributed by atoms with Gasteiger partial charge in [-0.05, 0) is 61.1 Å². The lowest BCUT2D eigenvalue weighted by Gasteiger charge is -2.28. The Morgan fingerprint density at radius 1 is 0.791 bits per heavy atom. The Morgan fingerprint density at radius 3 is 1.77 bits per heavy atom. The van der Waals surface area contributed by atoms with E-state index in [2.05, 4.69) is 89.7 Å². The van der Waals surface area contributed by atoms with E-state index in [0.29, 0.717) is 12.3 Å². The molecule has 0 saturated heterocycles. The van der Waals surface area contributed by atoms with Crippen molar-refractivity contribution in [2.45, 2.75) is 66.2 Å². The number of carboxylic acid groups (broad SMARTS) is 1. The fraction of sp³-hybridized carbons (Fsp3) is 0.389. The number of rotatable bonds is 9. The number of H-pyrrole nitrogens is 1. The normalized spacial score (nSPS) is 11.9. The highest BCUT2D eigenvalue weighted by atomic mass is 16.4. The molecule has 0 fully saturated rings. The molecular weight excluding hydrogens is 536 g/mol. The van der Waals surface area contributed by atoms with E-state index < -0.39 is 5.97 Å². The first kappa shape index (κ1) is 31.7. The molecule has 0 unspecified atom stereocenters. The maximum atomic E-state index is 11.4. The van der Waals surface area contributed by atoms with E-state index in [-0.39, 0.29) is 17.4 Å². The summed E-state index contributed by atoms with van der Waals surface area (Å²) in [6.45, 7) is 18.2. The molecule has 0 aliphatic heterocycles. The van der Waals surface area contributed by atoms with Crippen LogP contribution < -0.4 is 9.80 Å². The fourth-order valence-corrected chi connectivity index (χ4v) is 5.29. The number of phenols is 1. The van der Waals surface area contributed by atoms with Gasteiger partial charge in [-0.25, -0.2) is 4.98 Å². The third-order valence-corrected chi connectivity index (χ3v) is 7.99. The Bertz CT molecular complexity index is 1540. The summed E-state index contributed by atoms with van der Waals surface area (Å²) < 4.78 is 0. The number of phenolic OH excluding ortho intramolecular Hbond substituents is 1. The molecule has 0 aliphatic rings. The predicted molar refractivity (Wildman–Crippen MR) is 178 cm³/mol. The van der Waals surface area contributed by atoms with Gasteiger partial charge in [0.05, 0.1) is 11.4 Å². The first-order chi connectivity index (χ1) is 20.1. The first-order valence-corrected chi connectivity index (χ1v) is 15.0. The van der Waals surface area contributed by atoms with Crippen LogP contribution in [-0.2, 0) is 15.6 Å². The lowest BCUT2D eigenvalue weighted by molar-refractivity contribution is -0.135. The minimum absolute atomic E-state index is 0.0546. The van der Waals surface area contributed by atoms with Crippen LogP contribution in [0.2, 0.25) is 0 Å². The van der Waals surface area contributed by atoms with Gasteiger partial charge in [-0.2, -0.15) is 0 Å². The number of aromatic nitrogens is 2. The first-order valence-electron chi connectivity index (χ1n) is 15.0. The van der Waals surface area contributed by atoms with Crippen LogP contribution in [0.1, 0.15) is 66.5 Å². The van der Waals surface area contributed by atoms with Crippen LogP contribution in [0.5, 0.6) is 5.75 Å². The quantitative estimate of drug-likeness (QED) is 0.185. The van der Waals surface area contributed by atoms with Gasteiger partial charge in [0.1, 0.15) is 18.1 Å². The summed E-state index contributed by atoms with van der Waals surface area (Å²) in [5, 5.41) is 20.6. The second-order valence-corrected chi connectivity index (χ2v) is 13.2. The van der Waals surface area contributed by atoms with Crippen molar-refractivity contribution in [3.8, 4) is 39.7 Å². The van der Waals surface area contributed by atoms with Crippen molar-refractivity contribution < 1.29 is 15.0 Å². The standard InChI is InChI=1S/C36H46N4O3/c1-10-39(9)26-16-12-23(13-17-26)31-32(24-14-18-27(19-15-24)40(11-2)22-30(41)42)38-34(37-31)25-20-28(35(3,4)5)33(43)29(21-25)36(6,7)8/h12-21,43H,10-11,22H2,1-9H3,(H,37,38)(H,41,42). The van der Waals surface area contributed by atoms with E-state index in [4.69, 9.17) is 4.98 Å². The molecule has 4 aromatic rings. The molecule has 0 radical (unpaired) electrons. The van der Waals surface area contributed by atoms with E-state index in [1.807, 2.05) is 48.2 Å². The van der Waals surface area contributed by atoms with E-state index in [0.717, 1.165) is 62.9 Å². The van der Waals surface area contributed by atoms with Gasteiger partial charge in [-0.1, -0.05) is 65.8 Å². The Morgan fingerprint density at radius 2 is 1.30 bits per heavy atom. The molecular formula is C36H46N4O3. The van der Waals surface area contributed by atoms with Crippen LogP contribution in [0.4, 0.5) is 11.4 Å². The molecule has 7 heteroatoms. The van der Waals surface area contributed by atoms with Crippen molar-refractivity contribution in [3.05, 3.63) is 71.8 Å². The molecule has 0 aliphatic carbocycles. The number of hydrogen-bond acceptors (Lipinski definition) is 5. The fourth-order valence-electron chi connectivity index (χ4n) is 5.29. The molecule has 1 aromatic heterocycles. The number of aromatic amines is 1. The van der Waals surface area contributed by atoms with Gasteiger partial charge in [0.25, 0.3) is 0 Å². The number of hydrogen-bond donors (Lipinski definition) is 3. The molecule has 43 heavy (non-hydrogen) atoms. The second-order valence-electron chi connectivity index (χ2n) is 13.2. The molecule has 4 rings (SSSR count). The number of carboxylic acids is 1. The molecule has 3 N–H and O–H groups in total. The number of nitrogens with one attached hydrogen (secondary N) is 1. The highest BCUT2D eigenvalue weighted by Gasteiger charge is 2.28.